The molecule has 1 aromatic carbocycles. The predicted octanol–water partition coefficient (Wildman–Crippen LogP) is 3.12. The molecule has 1 atom stereocenters. The van der Waals surface area contributed by atoms with Crippen molar-refractivity contribution < 1.29 is 9.47 Å². The van der Waals surface area contributed by atoms with Gasteiger partial charge in [-0.25, -0.2) is 0 Å². The Morgan fingerprint density at radius 1 is 1.11 bits per heavy atom. The molecule has 0 radical (unpaired) electrons. The second-order valence-electron chi connectivity index (χ2n) is 4.06. The number of benzene rings is 1. The van der Waals surface area contributed by atoms with Crippen LogP contribution in [-0.2, 0) is 0 Å². The van der Waals surface area contributed by atoms with E-state index in [9.17, 15) is 0 Å². The third kappa shape index (κ3) is 2.35. The number of aryl methyl sites for hydroxylation is 1. The van der Waals surface area contributed by atoms with Crippen LogP contribution in [0.15, 0.2) is 29.6 Å². The SMILES string of the molecule is COc1ccc(C(N)c2sccc2OC)cc1C. The first-order valence-electron chi connectivity index (χ1n) is 5.69. The van der Waals surface area contributed by atoms with Crippen LogP contribution in [0.2, 0.25) is 0 Å². The molecule has 0 aliphatic rings. The molecule has 1 unspecified atom stereocenters. The molecule has 2 aromatic rings. The number of ether oxygens (including phenoxy) is 2. The van der Waals surface area contributed by atoms with Gasteiger partial charge in [0.1, 0.15) is 11.5 Å². The molecule has 0 bridgehead atoms. The minimum Gasteiger partial charge on any atom is -0.496 e. The summed E-state index contributed by atoms with van der Waals surface area (Å²) in [6.07, 6.45) is 0. The summed E-state index contributed by atoms with van der Waals surface area (Å²) in [5.41, 5.74) is 8.44. The topological polar surface area (TPSA) is 44.5 Å². The van der Waals surface area contributed by atoms with Gasteiger partial charge in [0.2, 0.25) is 0 Å². The zero-order valence-electron chi connectivity index (χ0n) is 10.8. The van der Waals surface area contributed by atoms with Crippen molar-refractivity contribution in [1.29, 1.82) is 0 Å². The van der Waals surface area contributed by atoms with Crippen molar-refractivity contribution in [3.05, 3.63) is 45.6 Å². The maximum absolute atomic E-state index is 6.29. The van der Waals surface area contributed by atoms with E-state index in [1.807, 2.05) is 30.5 Å². The van der Waals surface area contributed by atoms with E-state index in [4.69, 9.17) is 15.2 Å². The maximum atomic E-state index is 6.29. The van der Waals surface area contributed by atoms with E-state index >= 15 is 0 Å². The maximum Gasteiger partial charge on any atom is 0.134 e. The van der Waals surface area contributed by atoms with Crippen LogP contribution in [0.3, 0.4) is 0 Å². The Hall–Kier alpha value is -1.52. The van der Waals surface area contributed by atoms with Gasteiger partial charge in [-0.2, -0.15) is 0 Å². The van der Waals surface area contributed by atoms with Crippen molar-refractivity contribution in [3.8, 4) is 11.5 Å². The Bertz CT molecular complexity index is 536. The van der Waals surface area contributed by atoms with Gasteiger partial charge in [-0.15, -0.1) is 11.3 Å². The molecular formula is C14H17NO2S. The zero-order valence-corrected chi connectivity index (χ0v) is 11.6. The highest BCUT2D eigenvalue weighted by Gasteiger charge is 2.16. The van der Waals surface area contributed by atoms with Crippen LogP contribution in [-0.4, -0.2) is 14.2 Å². The fourth-order valence-corrected chi connectivity index (χ4v) is 2.84. The number of nitrogens with two attached hydrogens (primary N) is 1. The average molecular weight is 263 g/mol. The summed E-state index contributed by atoms with van der Waals surface area (Å²) in [7, 11) is 3.34. The molecule has 0 amide bonds. The number of methoxy groups -OCH3 is 2. The van der Waals surface area contributed by atoms with Crippen molar-refractivity contribution in [3.63, 3.8) is 0 Å². The number of hydrogen-bond acceptors (Lipinski definition) is 4. The van der Waals surface area contributed by atoms with Crippen molar-refractivity contribution in [2.45, 2.75) is 13.0 Å². The first-order chi connectivity index (χ1) is 8.67. The highest BCUT2D eigenvalue weighted by atomic mass is 32.1. The van der Waals surface area contributed by atoms with Crippen molar-refractivity contribution >= 4 is 11.3 Å². The van der Waals surface area contributed by atoms with E-state index in [1.165, 1.54) is 0 Å². The lowest BCUT2D eigenvalue weighted by Gasteiger charge is -2.14. The number of rotatable bonds is 4. The highest BCUT2D eigenvalue weighted by molar-refractivity contribution is 7.10. The summed E-state index contributed by atoms with van der Waals surface area (Å²) in [5, 5.41) is 1.99. The van der Waals surface area contributed by atoms with Crippen molar-refractivity contribution in [1.82, 2.24) is 0 Å². The van der Waals surface area contributed by atoms with E-state index in [1.54, 1.807) is 25.6 Å². The van der Waals surface area contributed by atoms with Gasteiger partial charge >= 0.3 is 0 Å². The van der Waals surface area contributed by atoms with Crippen LogP contribution in [0.5, 0.6) is 11.5 Å². The lowest BCUT2D eigenvalue weighted by molar-refractivity contribution is 0.409. The normalized spacial score (nSPS) is 12.2. The lowest BCUT2D eigenvalue weighted by Crippen LogP contribution is -2.11. The lowest BCUT2D eigenvalue weighted by atomic mass is 10.0. The largest absolute Gasteiger partial charge is 0.496 e. The van der Waals surface area contributed by atoms with Crippen LogP contribution in [0.4, 0.5) is 0 Å². The van der Waals surface area contributed by atoms with Crippen LogP contribution in [0.1, 0.15) is 22.0 Å². The van der Waals surface area contributed by atoms with Crippen molar-refractivity contribution in [2.24, 2.45) is 5.73 Å². The first-order valence-corrected chi connectivity index (χ1v) is 6.56. The Balaban J connectivity index is 2.34. The standard InChI is InChI=1S/C14H17NO2S/c1-9-8-10(4-5-11(9)16-2)13(15)14-12(17-3)6-7-18-14/h4-8,13H,15H2,1-3H3. The van der Waals surface area contributed by atoms with Gasteiger partial charge in [-0.05, 0) is 35.6 Å². The molecule has 0 saturated heterocycles. The predicted molar refractivity (Wildman–Crippen MR) is 74.6 cm³/mol. The Labute approximate surface area is 111 Å². The Morgan fingerprint density at radius 3 is 2.44 bits per heavy atom. The zero-order chi connectivity index (χ0) is 13.1. The fraction of sp³-hybridized carbons (Fsp3) is 0.286. The van der Waals surface area contributed by atoms with E-state index < -0.39 is 0 Å². The van der Waals surface area contributed by atoms with Gasteiger partial charge in [0.25, 0.3) is 0 Å². The Kier molecular flexibility index (Phi) is 3.89. The summed E-state index contributed by atoms with van der Waals surface area (Å²) in [6, 6.07) is 7.78. The molecule has 4 heteroatoms. The summed E-state index contributed by atoms with van der Waals surface area (Å²) < 4.78 is 10.6. The molecule has 0 fully saturated rings. The summed E-state index contributed by atoms with van der Waals surface area (Å²) in [6.45, 7) is 2.01. The molecule has 1 aromatic heterocycles. The number of thiophene rings is 1. The second-order valence-corrected chi connectivity index (χ2v) is 5.01. The van der Waals surface area contributed by atoms with Crippen LogP contribution < -0.4 is 15.2 Å². The molecule has 18 heavy (non-hydrogen) atoms. The molecule has 0 aliphatic carbocycles. The molecule has 1 heterocycles. The smallest absolute Gasteiger partial charge is 0.134 e. The molecule has 3 nitrogen and oxygen atoms in total. The quantitative estimate of drug-likeness (QED) is 0.921. The second kappa shape index (κ2) is 5.42. The van der Waals surface area contributed by atoms with E-state index in [0.717, 1.165) is 27.5 Å². The van der Waals surface area contributed by atoms with Crippen LogP contribution in [0.25, 0.3) is 0 Å². The van der Waals surface area contributed by atoms with Gasteiger partial charge in [0.15, 0.2) is 0 Å². The minimum absolute atomic E-state index is 0.162. The monoisotopic (exact) mass is 263 g/mol. The molecule has 0 aliphatic heterocycles. The summed E-state index contributed by atoms with van der Waals surface area (Å²) >= 11 is 1.61. The van der Waals surface area contributed by atoms with Gasteiger partial charge in [-0.3, -0.25) is 0 Å². The minimum atomic E-state index is -0.162. The fourth-order valence-electron chi connectivity index (χ4n) is 1.95. The van der Waals surface area contributed by atoms with Gasteiger partial charge in [0.05, 0.1) is 25.1 Å². The van der Waals surface area contributed by atoms with Crippen LogP contribution in [0, 0.1) is 6.92 Å². The van der Waals surface area contributed by atoms with Gasteiger partial charge < -0.3 is 15.2 Å². The Morgan fingerprint density at radius 2 is 1.83 bits per heavy atom. The number of hydrogen-bond donors (Lipinski definition) is 1. The van der Waals surface area contributed by atoms with E-state index in [2.05, 4.69) is 6.07 Å². The van der Waals surface area contributed by atoms with E-state index in [-0.39, 0.29) is 6.04 Å². The molecular weight excluding hydrogens is 246 g/mol. The molecule has 0 saturated carbocycles. The average Bonchev–Trinajstić information content (AvgIpc) is 2.86. The summed E-state index contributed by atoms with van der Waals surface area (Å²) in [5.74, 6) is 1.73. The van der Waals surface area contributed by atoms with Crippen LogP contribution >= 0.6 is 11.3 Å². The van der Waals surface area contributed by atoms with Crippen molar-refractivity contribution in [2.75, 3.05) is 14.2 Å². The van der Waals surface area contributed by atoms with Gasteiger partial charge in [0, 0.05) is 0 Å². The molecule has 2 rings (SSSR count). The van der Waals surface area contributed by atoms with Gasteiger partial charge in [-0.1, -0.05) is 12.1 Å². The molecule has 0 spiro atoms. The molecule has 2 N–H and O–H groups in total. The molecule has 96 valence electrons. The third-order valence-corrected chi connectivity index (χ3v) is 3.92. The first kappa shape index (κ1) is 12.9. The highest BCUT2D eigenvalue weighted by Crippen LogP contribution is 2.34. The summed E-state index contributed by atoms with van der Waals surface area (Å²) in [4.78, 5) is 1.04. The third-order valence-electron chi connectivity index (χ3n) is 2.94. The van der Waals surface area contributed by atoms with E-state index in [0.29, 0.717) is 0 Å².